The van der Waals surface area contributed by atoms with Crippen molar-refractivity contribution >= 4 is 29.2 Å². The van der Waals surface area contributed by atoms with Crippen LogP contribution in [0.1, 0.15) is 53.4 Å². The van der Waals surface area contributed by atoms with Crippen molar-refractivity contribution in [1.29, 1.82) is 0 Å². The summed E-state index contributed by atoms with van der Waals surface area (Å²) in [7, 11) is 0. The lowest BCUT2D eigenvalue weighted by Crippen LogP contribution is -2.03. The van der Waals surface area contributed by atoms with Gasteiger partial charge in [-0.15, -0.1) is 11.3 Å². The van der Waals surface area contributed by atoms with E-state index in [9.17, 15) is 14.7 Å². The first-order valence-electron chi connectivity index (χ1n) is 8.19. The smallest absolute Gasteiger partial charge is 0.331 e. The summed E-state index contributed by atoms with van der Waals surface area (Å²) in [5.74, 6) is -0.848. The third kappa shape index (κ3) is 5.46. The van der Waals surface area contributed by atoms with Crippen molar-refractivity contribution in [3.8, 4) is 0 Å². The third-order valence-corrected chi connectivity index (χ3v) is 4.62. The van der Waals surface area contributed by atoms with Crippen LogP contribution in [0.2, 0.25) is 0 Å². The van der Waals surface area contributed by atoms with Crippen molar-refractivity contribution in [2.24, 2.45) is 0 Å². The van der Waals surface area contributed by atoms with Crippen molar-refractivity contribution in [3.63, 3.8) is 0 Å². The van der Waals surface area contributed by atoms with E-state index in [4.69, 9.17) is 0 Å². The number of aliphatic carboxylic acids is 1. The van der Waals surface area contributed by atoms with Crippen LogP contribution in [0.3, 0.4) is 0 Å². The maximum absolute atomic E-state index is 12.2. The molecule has 0 aliphatic rings. The molecule has 0 spiro atoms. The molecule has 0 aliphatic carbocycles. The molecule has 1 aromatic carbocycles. The minimum Gasteiger partial charge on any atom is -0.478 e. The highest BCUT2D eigenvalue weighted by Gasteiger charge is 2.11. The predicted molar refractivity (Wildman–Crippen MR) is 98.6 cm³/mol. The molecule has 0 fully saturated rings. The van der Waals surface area contributed by atoms with E-state index in [0.717, 1.165) is 17.7 Å². The van der Waals surface area contributed by atoms with Crippen molar-refractivity contribution in [2.45, 2.75) is 39.0 Å². The maximum atomic E-state index is 12.2. The Bertz CT molecular complexity index is 697. The molecule has 0 saturated carbocycles. The number of ketones is 1. The monoisotopic (exact) mass is 342 g/mol. The SMILES string of the molecule is CCCc1ccc(C(=O)CCC/C(=C/c2cccs2)C(=O)O)cc1. The van der Waals surface area contributed by atoms with Crippen LogP contribution in [0.5, 0.6) is 0 Å². The molecule has 3 nitrogen and oxygen atoms in total. The Balaban J connectivity index is 1.89. The van der Waals surface area contributed by atoms with Crippen molar-refractivity contribution in [1.82, 2.24) is 0 Å². The van der Waals surface area contributed by atoms with Gasteiger partial charge >= 0.3 is 5.97 Å². The highest BCUT2D eigenvalue weighted by atomic mass is 32.1. The molecule has 0 aliphatic heterocycles. The van der Waals surface area contributed by atoms with Gasteiger partial charge in [0.15, 0.2) is 5.78 Å². The number of hydrogen-bond donors (Lipinski definition) is 1. The Hall–Kier alpha value is -2.20. The minimum atomic E-state index is -0.917. The van der Waals surface area contributed by atoms with Gasteiger partial charge < -0.3 is 5.11 Å². The zero-order chi connectivity index (χ0) is 17.4. The fraction of sp³-hybridized carbons (Fsp3) is 0.300. The summed E-state index contributed by atoms with van der Waals surface area (Å²) >= 11 is 1.50. The zero-order valence-electron chi connectivity index (χ0n) is 13.8. The molecule has 1 N–H and O–H groups in total. The normalized spacial score (nSPS) is 11.5. The summed E-state index contributed by atoms with van der Waals surface area (Å²) in [6, 6.07) is 11.5. The molecule has 0 bridgehead atoms. The number of carboxylic acid groups (broad SMARTS) is 1. The van der Waals surface area contributed by atoms with Gasteiger partial charge in [-0.05, 0) is 42.3 Å². The molecule has 24 heavy (non-hydrogen) atoms. The molecule has 0 saturated heterocycles. The first-order chi connectivity index (χ1) is 11.6. The van der Waals surface area contributed by atoms with Gasteiger partial charge in [-0.1, -0.05) is 43.7 Å². The van der Waals surface area contributed by atoms with E-state index >= 15 is 0 Å². The Morgan fingerprint density at radius 2 is 1.88 bits per heavy atom. The number of benzene rings is 1. The van der Waals surface area contributed by atoms with Crippen LogP contribution in [0.15, 0.2) is 47.4 Å². The zero-order valence-corrected chi connectivity index (χ0v) is 14.6. The van der Waals surface area contributed by atoms with Gasteiger partial charge in [0.2, 0.25) is 0 Å². The second-order valence-corrected chi connectivity index (χ2v) is 6.69. The molecule has 1 aromatic heterocycles. The van der Waals surface area contributed by atoms with Crippen molar-refractivity contribution in [2.75, 3.05) is 0 Å². The number of carbonyl (C=O) groups is 2. The summed E-state index contributed by atoms with van der Waals surface area (Å²) in [5.41, 5.74) is 2.29. The average molecular weight is 342 g/mol. The van der Waals surface area contributed by atoms with Gasteiger partial charge in [-0.25, -0.2) is 4.79 Å². The topological polar surface area (TPSA) is 54.4 Å². The minimum absolute atomic E-state index is 0.0684. The molecule has 0 atom stereocenters. The molecule has 0 amide bonds. The molecule has 126 valence electrons. The quantitative estimate of drug-likeness (QED) is 0.502. The predicted octanol–water partition coefficient (Wildman–Crippen LogP) is 5.22. The molecule has 4 heteroatoms. The number of carbonyl (C=O) groups excluding carboxylic acids is 1. The first kappa shape index (κ1) is 18.1. The van der Waals surface area contributed by atoms with E-state index in [1.165, 1.54) is 16.9 Å². The molecular formula is C20H22O3S. The molecule has 0 radical (unpaired) electrons. The highest BCUT2D eigenvalue weighted by molar-refractivity contribution is 7.10. The van der Waals surface area contributed by atoms with Gasteiger partial charge in [0.05, 0.1) is 0 Å². The van der Waals surface area contributed by atoms with Gasteiger partial charge in [-0.2, -0.15) is 0 Å². The van der Waals surface area contributed by atoms with Crippen molar-refractivity contribution < 1.29 is 14.7 Å². The van der Waals surface area contributed by atoms with E-state index in [1.54, 1.807) is 6.08 Å². The van der Waals surface area contributed by atoms with Crippen LogP contribution in [0, 0.1) is 0 Å². The molecule has 0 unspecified atom stereocenters. The van der Waals surface area contributed by atoms with E-state index in [-0.39, 0.29) is 5.78 Å². The van der Waals surface area contributed by atoms with Gasteiger partial charge in [-0.3, -0.25) is 4.79 Å². The second-order valence-electron chi connectivity index (χ2n) is 5.71. The van der Waals surface area contributed by atoms with Crippen molar-refractivity contribution in [3.05, 3.63) is 63.4 Å². The van der Waals surface area contributed by atoms with E-state index < -0.39 is 5.97 Å². The average Bonchev–Trinajstić information content (AvgIpc) is 3.07. The largest absolute Gasteiger partial charge is 0.478 e. The number of aryl methyl sites for hydroxylation is 1. The third-order valence-electron chi connectivity index (χ3n) is 3.80. The molecule has 2 aromatic rings. The van der Waals surface area contributed by atoms with Crippen LogP contribution >= 0.6 is 11.3 Å². The Labute approximate surface area is 146 Å². The summed E-state index contributed by atoms with van der Waals surface area (Å²) in [6.07, 6.45) is 5.09. The maximum Gasteiger partial charge on any atom is 0.331 e. The Kier molecular flexibility index (Phi) is 6.94. The number of hydrogen-bond acceptors (Lipinski definition) is 3. The van der Waals surface area contributed by atoms with Crippen LogP contribution in [-0.2, 0) is 11.2 Å². The lowest BCUT2D eigenvalue weighted by atomic mass is 10.0. The second kappa shape index (κ2) is 9.18. The highest BCUT2D eigenvalue weighted by Crippen LogP contribution is 2.18. The van der Waals surface area contributed by atoms with E-state index in [1.807, 2.05) is 41.8 Å². The fourth-order valence-corrected chi connectivity index (χ4v) is 3.20. The number of thiophene rings is 1. The lowest BCUT2D eigenvalue weighted by molar-refractivity contribution is -0.132. The lowest BCUT2D eigenvalue weighted by Gasteiger charge is -2.04. The number of rotatable bonds is 9. The standard InChI is InChI=1S/C20H22O3S/c1-2-5-15-9-11-16(12-10-15)19(21)8-3-6-17(20(22)23)14-18-7-4-13-24-18/h4,7,9-14H,2-3,5-6,8H2,1H3,(H,22,23)/b17-14-. The van der Waals surface area contributed by atoms with Crippen LogP contribution in [0.4, 0.5) is 0 Å². The van der Waals surface area contributed by atoms with Gasteiger partial charge in [0, 0.05) is 22.4 Å². The summed E-state index contributed by atoms with van der Waals surface area (Å²) in [6.45, 7) is 2.13. The molecular weight excluding hydrogens is 320 g/mol. The van der Waals surface area contributed by atoms with Crippen LogP contribution < -0.4 is 0 Å². The fourth-order valence-electron chi connectivity index (χ4n) is 2.52. The Morgan fingerprint density at radius 3 is 2.46 bits per heavy atom. The summed E-state index contributed by atoms with van der Waals surface area (Å²) in [5, 5.41) is 11.2. The Morgan fingerprint density at radius 1 is 1.12 bits per heavy atom. The van der Waals surface area contributed by atoms with E-state index in [0.29, 0.717) is 30.4 Å². The first-order valence-corrected chi connectivity index (χ1v) is 9.07. The molecule has 2 rings (SSSR count). The number of Topliss-reactive ketones (excluding diaryl/α,β-unsaturated/α-hetero) is 1. The summed E-state index contributed by atoms with van der Waals surface area (Å²) < 4.78 is 0. The summed E-state index contributed by atoms with van der Waals surface area (Å²) in [4.78, 5) is 24.5. The number of carboxylic acids is 1. The van der Waals surface area contributed by atoms with Crippen LogP contribution in [-0.4, -0.2) is 16.9 Å². The van der Waals surface area contributed by atoms with Gasteiger partial charge in [0.25, 0.3) is 0 Å². The van der Waals surface area contributed by atoms with E-state index in [2.05, 4.69) is 6.92 Å². The van der Waals surface area contributed by atoms with Gasteiger partial charge in [0.1, 0.15) is 0 Å². The van der Waals surface area contributed by atoms with Crippen LogP contribution in [0.25, 0.3) is 6.08 Å². The molecule has 1 heterocycles.